The maximum absolute atomic E-state index is 12.5. The highest BCUT2D eigenvalue weighted by Crippen LogP contribution is 2.13. The molecular formula is C23H28N6O2. The molecule has 0 spiro atoms. The van der Waals surface area contributed by atoms with Gasteiger partial charge in [-0.2, -0.15) is 0 Å². The molecule has 1 aromatic heterocycles. The van der Waals surface area contributed by atoms with E-state index in [1.165, 1.54) is 5.56 Å². The molecule has 0 bridgehead atoms. The molecule has 1 atom stereocenters. The summed E-state index contributed by atoms with van der Waals surface area (Å²) in [5.74, 6) is 0.331. The Kier molecular flexibility index (Phi) is 6.59. The number of nitrogens with one attached hydrogen (secondary N) is 2. The lowest BCUT2D eigenvalue weighted by atomic mass is 10.1. The third kappa shape index (κ3) is 5.48. The summed E-state index contributed by atoms with van der Waals surface area (Å²) in [6.45, 7) is 3.34. The first-order valence-electron chi connectivity index (χ1n) is 10.6. The molecule has 1 aliphatic heterocycles. The first-order valence-corrected chi connectivity index (χ1v) is 10.6. The molecule has 0 radical (unpaired) electrons. The molecule has 2 heterocycles. The summed E-state index contributed by atoms with van der Waals surface area (Å²) in [6, 6.07) is 17.5. The van der Waals surface area contributed by atoms with Gasteiger partial charge in [0.05, 0.1) is 17.6 Å². The molecule has 1 saturated heterocycles. The number of nitrogens with zero attached hydrogens (tertiary/aromatic N) is 3. The summed E-state index contributed by atoms with van der Waals surface area (Å²) in [5.41, 5.74) is 8.75. The van der Waals surface area contributed by atoms with Gasteiger partial charge in [-0.05, 0) is 17.7 Å². The fourth-order valence-electron chi connectivity index (χ4n) is 4.01. The van der Waals surface area contributed by atoms with Crippen LogP contribution in [-0.2, 0) is 22.6 Å². The van der Waals surface area contributed by atoms with Crippen molar-refractivity contribution in [2.75, 3.05) is 32.7 Å². The predicted molar refractivity (Wildman–Crippen MR) is 119 cm³/mol. The molecule has 4 rings (SSSR count). The lowest BCUT2D eigenvalue weighted by Gasteiger charge is -2.39. The van der Waals surface area contributed by atoms with Crippen molar-refractivity contribution in [3.8, 4) is 0 Å². The van der Waals surface area contributed by atoms with E-state index in [9.17, 15) is 9.59 Å². The lowest BCUT2D eigenvalue weighted by Crippen LogP contribution is -2.59. The Morgan fingerprint density at radius 3 is 2.65 bits per heavy atom. The highest BCUT2D eigenvalue weighted by Gasteiger charge is 2.32. The molecule has 162 valence electrons. The van der Waals surface area contributed by atoms with E-state index >= 15 is 0 Å². The predicted octanol–water partition coefficient (Wildman–Crippen LogP) is 0.893. The average molecular weight is 421 g/mol. The van der Waals surface area contributed by atoms with Crippen molar-refractivity contribution in [1.82, 2.24) is 25.1 Å². The monoisotopic (exact) mass is 420 g/mol. The molecule has 0 unspecified atom stereocenters. The summed E-state index contributed by atoms with van der Waals surface area (Å²) in [5, 5.41) is 2.93. The topological polar surface area (TPSA) is 107 Å². The quantitative estimate of drug-likeness (QED) is 0.502. The van der Waals surface area contributed by atoms with Crippen LogP contribution in [0.5, 0.6) is 0 Å². The number of para-hydroxylation sites is 2. The molecule has 4 N–H and O–H groups in total. The van der Waals surface area contributed by atoms with Crippen LogP contribution in [0, 0.1) is 0 Å². The average Bonchev–Trinajstić information content (AvgIpc) is 3.18. The molecule has 2 amide bonds. The first kappa shape index (κ1) is 21.0. The van der Waals surface area contributed by atoms with Crippen molar-refractivity contribution in [3.05, 3.63) is 66.0 Å². The molecule has 8 heteroatoms. The Morgan fingerprint density at radius 2 is 1.87 bits per heavy atom. The van der Waals surface area contributed by atoms with Gasteiger partial charge in [-0.1, -0.05) is 42.5 Å². The second-order valence-electron chi connectivity index (χ2n) is 7.91. The first-order chi connectivity index (χ1) is 15.1. The van der Waals surface area contributed by atoms with Crippen LogP contribution in [0.2, 0.25) is 0 Å². The lowest BCUT2D eigenvalue weighted by molar-refractivity contribution is -0.129. The second kappa shape index (κ2) is 9.72. The molecule has 31 heavy (non-hydrogen) atoms. The van der Waals surface area contributed by atoms with Crippen LogP contribution in [0.4, 0.5) is 0 Å². The molecule has 0 aliphatic carbocycles. The van der Waals surface area contributed by atoms with Crippen LogP contribution in [0.25, 0.3) is 11.0 Å². The number of carbonyl (C=O) groups excluding carboxylic acids is 2. The zero-order valence-electron chi connectivity index (χ0n) is 17.5. The molecule has 0 saturated carbocycles. The smallest absolute Gasteiger partial charge is 0.236 e. The SMILES string of the molecule is NC(=O)[C@@H]1CN(Cc2ccccc2)CCN1CC(=O)NCCc1nc2ccccc2[nH]1. The number of piperazine rings is 1. The van der Waals surface area contributed by atoms with Crippen molar-refractivity contribution in [2.24, 2.45) is 5.73 Å². The number of aromatic amines is 1. The summed E-state index contributed by atoms with van der Waals surface area (Å²) < 4.78 is 0. The van der Waals surface area contributed by atoms with Gasteiger partial charge in [0.2, 0.25) is 11.8 Å². The zero-order valence-corrected chi connectivity index (χ0v) is 17.5. The van der Waals surface area contributed by atoms with E-state index in [-0.39, 0.29) is 12.5 Å². The van der Waals surface area contributed by atoms with E-state index in [0.29, 0.717) is 26.1 Å². The minimum absolute atomic E-state index is 0.112. The number of rotatable bonds is 8. The third-order valence-electron chi connectivity index (χ3n) is 5.62. The number of benzene rings is 2. The number of fused-ring (bicyclic) bond motifs is 1. The fourth-order valence-corrected chi connectivity index (χ4v) is 4.01. The van der Waals surface area contributed by atoms with Crippen molar-refractivity contribution in [1.29, 1.82) is 0 Å². The summed E-state index contributed by atoms with van der Waals surface area (Å²) >= 11 is 0. The molecule has 8 nitrogen and oxygen atoms in total. The van der Waals surface area contributed by atoms with Crippen LogP contribution in [0.15, 0.2) is 54.6 Å². The van der Waals surface area contributed by atoms with Gasteiger partial charge in [0.15, 0.2) is 0 Å². The highest BCUT2D eigenvalue weighted by molar-refractivity contribution is 5.82. The molecular weight excluding hydrogens is 392 g/mol. The number of H-pyrrole nitrogens is 1. The Hall–Kier alpha value is -3.23. The number of primary amides is 1. The molecule has 3 aromatic rings. The van der Waals surface area contributed by atoms with Gasteiger partial charge in [-0.3, -0.25) is 19.4 Å². The Morgan fingerprint density at radius 1 is 1.10 bits per heavy atom. The third-order valence-corrected chi connectivity index (χ3v) is 5.62. The Balaban J connectivity index is 1.26. The van der Waals surface area contributed by atoms with Crippen LogP contribution < -0.4 is 11.1 Å². The van der Waals surface area contributed by atoms with Crippen LogP contribution in [0.1, 0.15) is 11.4 Å². The van der Waals surface area contributed by atoms with Gasteiger partial charge in [0, 0.05) is 39.1 Å². The standard InChI is InChI=1S/C23H28N6O2/c24-23(31)20-15-28(14-17-6-2-1-3-7-17)12-13-29(20)16-22(30)25-11-10-21-26-18-8-4-5-9-19(18)27-21/h1-9,20H,10-16H2,(H2,24,31)(H,25,30)(H,26,27)/t20-/m0/s1. The molecule has 2 aromatic carbocycles. The summed E-state index contributed by atoms with van der Waals surface area (Å²) in [4.78, 5) is 36.4. The fraction of sp³-hybridized carbons (Fsp3) is 0.348. The van der Waals surface area contributed by atoms with Crippen molar-refractivity contribution in [2.45, 2.75) is 19.0 Å². The van der Waals surface area contributed by atoms with E-state index in [4.69, 9.17) is 5.73 Å². The maximum atomic E-state index is 12.5. The number of hydrogen-bond acceptors (Lipinski definition) is 5. The molecule has 1 fully saturated rings. The number of hydrogen-bond donors (Lipinski definition) is 3. The van der Waals surface area contributed by atoms with Crippen molar-refractivity contribution in [3.63, 3.8) is 0 Å². The number of amides is 2. The number of aromatic nitrogens is 2. The Labute approximate surface area is 181 Å². The normalized spacial score (nSPS) is 17.6. The van der Waals surface area contributed by atoms with E-state index in [1.807, 2.05) is 47.4 Å². The second-order valence-corrected chi connectivity index (χ2v) is 7.91. The van der Waals surface area contributed by atoms with Crippen LogP contribution >= 0.6 is 0 Å². The van der Waals surface area contributed by atoms with Gasteiger partial charge in [0.1, 0.15) is 11.9 Å². The molecule has 1 aliphatic rings. The highest BCUT2D eigenvalue weighted by atomic mass is 16.2. The van der Waals surface area contributed by atoms with E-state index in [2.05, 4.69) is 32.3 Å². The van der Waals surface area contributed by atoms with E-state index in [1.54, 1.807) is 0 Å². The van der Waals surface area contributed by atoms with Crippen molar-refractivity contribution >= 4 is 22.8 Å². The minimum atomic E-state index is -0.474. The van der Waals surface area contributed by atoms with Crippen LogP contribution in [-0.4, -0.2) is 70.3 Å². The Bertz CT molecular complexity index is 1000. The summed E-state index contributed by atoms with van der Waals surface area (Å²) in [6.07, 6.45) is 0.616. The van der Waals surface area contributed by atoms with Gasteiger partial charge in [-0.15, -0.1) is 0 Å². The largest absolute Gasteiger partial charge is 0.368 e. The number of imidazole rings is 1. The summed E-state index contributed by atoms with van der Waals surface area (Å²) in [7, 11) is 0. The van der Waals surface area contributed by atoms with Gasteiger partial charge in [0.25, 0.3) is 0 Å². The number of nitrogens with two attached hydrogens (primary N) is 1. The van der Waals surface area contributed by atoms with Gasteiger partial charge in [-0.25, -0.2) is 4.98 Å². The van der Waals surface area contributed by atoms with Gasteiger partial charge >= 0.3 is 0 Å². The van der Waals surface area contributed by atoms with Gasteiger partial charge < -0.3 is 16.0 Å². The maximum Gasteiger partial charge on any atom is 0.236 e. The van der Waals surface area contributed by atoms with Crippen molar-refractivity contribution < 1.29 is 9.59 Å². The van der Waals surface area contributed by atoms with Crippen LogP contribution in [0.3, 0.4) is 0 Å². The number of carbonyl (C=O) groups is 2. The zero-order chi connectivity index (χ0) is 21.6. The minimum Gasteiger partial charge on any atom is -0.368 e. The van der Waals surface area contributed by atoms with E-state index < -0.39 is 11.9 Å². The van der Waals surface area contributed by atoms with E-state index in [0.717, 1.165) is 29.9 Å².